The number of benzene rings is 1. The maximum Gasteiger partial charge on any atom is 0.110 e. The van der Waals surface area contributed by atoms with Gasteiger partial charge < -0.3 is 15.2 Å². The van der Waals surface area contributed by atoms with Gasteiger partial charge in [0.05, 0.1) is 22.8 Å². The van der Waals surface area contributed by atoms with Gasteiger partial charge in [0.2, 0.25) is 0 Å². The standard InChI is InChI=1S/C11H13Cl2NO2.ClH/c12-8-2-1-7(5-9(8)13)11-10(15)6-14-3-4-16-11;/h1-2,5,10-11,14-15H,3-4,6H2;1H. The SMILES string of the molecule is Cl.OC1CNCCOC1c1ccc(Cl)c(Cl)c1. The molecule has 2 rings (SSSR count). The second-order valence-electron chi connectivity index (χ2n) is 3.74. The lowest BCUT2D eigenvalue weighted by molar-refractivity contribution is -0.0199. The van der Waals surface area contributed by atoms with Gasteiger partial charge in [-0.05, 0) is 17.7 Å². The molecule has 1 fully saturated rings. The van der Waals surface area contributed by atoms with Gasteiger partial charge in [-0.3, -0.25) is 0 Å². The van der Waals surface area contributed by atoms with Crippen molar-refractivity contribution in [3.63, 3.8) is 0 Å². The van der Waals surface area contributed by atoms with Crippen molar-refractivity contribution in [1.82, 2.24) is 5.32 Å². The highest BCUT2D eigenvalue weighted by atomic mass is 35.5. The van der Waals surface area contributed by atoms with Crippen LogP contribution in [0.1, 0.15) is 11.7 Å². The molecule has 6 heteroatoms. The average Bonchev–Trinajstić information content (AvgIpc) is 2.47. The van der Waals surface area contributed by atoms with Crippen molar-refractivity contribution in [1.29, 1.82) is 0 Å². The van der Waals surface area contributed by atoms with Crippen molar-refractivity contribution in [3.8, 4) is 0 Å². The minimum Gasteiger partial charge on any atom is -0.389 e. The Bertz CT molecular complexity index is 376. The first-order valence-corrected chi connectivity index (χ1v) is 5.89. The van der Waals surface area contributed by atoms with Crippen molar-refractivity contribution in [3.05, 3.63) is 33.8 Å². The van der Waals surface area contributed by atoms with E-state index in [-0.39, 0.29) is 18.5 Å². The van der Waals surface area contributed by atoms with Crippen LogP contribution in [0.15, 0.2) is 18.2 Å². The fraction of sp³-hybridized carbons (Fsp3) is 0.455. The van der Waals surface area contributed by atoms with Gasteiger partial charge >= 0.3 is 0 Å². The van der Waals surface area contributed by atoms with E-state index in [4.69, 9.17) is 27.9 Å². The quantitative estimate of drug-likeness (QED) is 0.837. The van der Waals surface area contributed by atoms with Crippen molar-refractivity contribution >= 4 is 35.6 Å². The largest absolute Gasteiger partial charge is 0.389 e. The molecule has 0 bridgehead atoms. The van der Waals surface area contributed by atoms with Crippen LogP contribution in [-0.2, 0) is 4.74 Å². The van der Waals surface area contributed by atoms with Gasteiger partial charge in [0.25, 0.3) is 0 Å². The molecule has 1 heterocycles. The highest BCUT2D eigenvalue weighted by Gasteiger charge is 2.24. The van der Waals surface area contributed by atoms with E-state index < -0.39 is 6.10 Å². The zero-order valence-corrected chi connectivity index (χ0v) is 11.4. The summed E-state index contributed by atoms with van der Waals surface area (Å²) in [6.45, 7) is 1.84. The lowest BCUT2D eigenvalue weighted by Crippen LogP contribution is -2.28. The summed E-state index contributed by atoms with van der Waals surface area (Å²) in [5, 5.41) is 14.0. The number of aliphatic hydroxyl groups excluding tert-OH is 1. The van der Waals surface area contributed by atoms with E-state index >= 15 is 0 Å². The second-order valence-corrected chi connectivity index (χ2v) is 4.55. The molecule has 0 amide bonds. The van der Waals surface area contributed by atoms with E-state index in [9.17, 15) is 5.11 Å². The molecule has 0 aromatic heterocycles. The Balaban J connectivity index is 0.00000144. The summed E-state index contributed by atoms with van der Waals surface area (Å²) >= 11 is 11.8. The molecule has 1 aliphatic heterocycles. The molecule has 0 aliphatic carbocycles. The maximum atomic E-state index is 9.90. The fourth-order valence-electron chi connectivity index (χ4n) is 1.73. The highest BCUT2D eigenvalue weighted by Crippen LogP contribution is 2.29. The lowest BCUT2D eigenvalue weighted by Gasteiger charge is -2.20. The Labute approximate surface area is 116 Å². The van der Waals surface area contributed by atoms with Crippen LogP contribution in [-0.4, -0.2) is 30.9 Å². The Morgan fingerprint density at radius 1 is 1.29 bits per heavy atom. The summed E-state index contributed by atoms with van der Waals surface area (Å²) in [6.07, 6.45) is -0.912. The molecule has 1 saturated heterocycles. The molecule has 0 radical (unpaired) electrons. The van der Waals surface area contributed by atoms with Crippen molar-refractivity contribution in [2.75, 3.05) is 19.7 Å². The van der Waals surface area contributed by atoms with Crippen LogP contribution in [0.4, 0.5) is 0 Å². The molecule has 17 heavy (non-hydrogen) atoms. The first-order valence-electron chi connectivity index (χ1n) is 5.14. The van der Waals surface area contributed by atoms with E-state index in [1.165, 1.54) is 0 Å². The first-order chi connectivity index (χ1) is 7.68. The van der Waals surface area contributed by atoms with E-state index in [0.717, 1.165) is 12.1 Å². The van der Waals surface area contributed by atoms with Crippen molar-refractivity contribution < 1.29 is 9.84 Å². The Hall–Kier alpha value is -0.0300. The summed E-state index contributed by atoms with van der Waals surface area (Å²) in [7, 11) is 0. The van der Waals surface area contributed by atoms with Gasteiger partial charge in [-0.15, -0.1) is 12.4 Å². The third kappa shape index (κ3) is 3.71. The van der Waals surface area contributed by atoms with Gasteiger partial charge in [-0.2, -0.15) is 0 Å². The fourth-order valence-corrected chi connectivity index (χ4v) is 2.04. The number of aliphatic hydroxyl groups is 1. The number of rotatable bonds is 1. The van der Waals surface area contributed by atoms with E-state index in [2.05, 4.69) is 5.32 Å². The summed E-state index contributed by atoms with van der Waals surface area (Å²) in [5.41, 5.74) is 0.852. The monoisotopic (exact) mass is 297 g/mol. The highest BCUT2D eigenvalue weighted by molar-refractivity contribution is 6.42. The van der Waals surface area contributed by atoms with Gasteiger partial charge in [0, 0.05) is 13.1 Å². The van der Waals surface area contributed by atoms with Crippen molar-refractivity contribution in [2.24, 2.45) is 0 Å². The molecule has 2 unspecified atom stereocenters. The topological polar surface area (TPSA) is 41.5 Å². The van der Waals surface area contributed by atoms with Crippen molar-refractivity contribution in [2.45, 2.75) is 12.2 Å². The van der Waals surface area contributed by atoms with Crippen LogP contribution in [0.3, 0.4) is 0 Å². The Kier molecular flexibility index (Phi) is 6.00. The lowest BCUT2D eigenvalue weighted by atomic mass is 10.0. The predicted molar refractivity (Wildman–Crippen MR) is 71.3 cm³/mol. The average molecular weight is 299 g/mol. The second kappa shape index (κ2) is 6.78. The van der Waals surface area contributed by atoms with Crippen LogP contribution in [0.5, 0.6) is 0 Å². The zero-order valence-electron chi connectivity index (χ0n) is 9.03. The molecule has 2 atom stereocenters. The first kappa shape index (κ1) is 15.0. The number of hydrogen-bond acceptors (Lipinski definition) is 3. The minimum atomic E-state index is -0.570. The molecule has 0 saturated carbocycles. The molecule has 3 nitrogen and oxygen atoms in total. The predicted octanol–water partition coefficient (Wildman–Crippen LogP) is 2.44. The van der Waals surface area contributed by atoms with Crippen LogP contribution in [0.2, 0.25) is 10.0 Å². The molecule has 1 aromatic carbocycles. The smallest absolute Gasteiger partial charge is 0.110 e. The third-order valence-corrected chi connectivity index (χ3v) is 3.29. The molecular weight excluding hydrogens is 284 g/mol. The number of ether oxygens (including phenoxy) is 1. The molecule has 1 aromatic rings. The zero-order chi connectivity index (χ0) is 11.5. The Morgan fingerprint density at radius 2 is 2.06 bits per heavy atom. The van der Waals surface area contributed by atoms with Crippen LogP contribution in [0, 0.1) is 0 Å². The molecule has 0 spiro atoms. The summed E-state index contributed by atoms with van der Waals surface area (Å²) in [5.74, 6) is 0. The number of nitrogens with one attached hydrogen (secondary N) is 1. The van der Waals surface area contributed by atoms with Gasteiger partial charge in [0.1, 0.15) is 6.10 Å². The Morgan fingerprint density at radius 3 is 2.76 bits per heavy atom. The number of β-amino-alcohol motifs (C(OH)–C–C–N with tert-alkyl or cyclic N) is 1. The van der Waals surface area contributed by atoms with Crippen LogP contribution in [0.25, 0.3) is 0 Å². The molecule has 1 aliphatic rings. The number of hydrogen-bond donors (Lipinski definition) is 2. The van der Waals surface area contributed by atoms with E-state index in [1.807, 2.05) is 6.07 Å². The maximum absolute atomic E-state index is 9.90. The van der Waals surface area contributed by atoms with E-state index in [0.29, 0.717) is 23.2 Å². The van der Waals surface area contributed by atoms with Gasteiger partial charge in [-0.1, -0.05) is 29.3 Å². The minimum absolute atomic E-state index is 0. The summed E-state index contributed by atoms with van der Waals surface area (Å²) in [6, 6.07) is 5.28. The van der Waals surface area contributed by atoms with Gasteiger partial charge in [-0.25, -0.2) is 0 Å². The molecule has 2 N–H and O–H groups in total. The normalized spacial score (nSPS) is 24.9. The summed E-state index contributed by atoms with van der Waals surface area (Å²) < 4.78 is 5.58. The third-order valence-electron chi connectivity index (χ3n) is 2.55. The van der Waals surface area contributed by atoms with Crippen LogP contribution >= 0.6 is 35.6 Å². The molecule has 96 valence electrons. The van der Waals surface area contributed by atoms with Gasteiger partial charge in [0.15, 0.2) is 0 Å². The molecular formula is C11H14Cl3NO2. The summed E-state index contributed by atoms with van der Waals surface area (Å²) in [4.78, 5) is 0. The van der Waals surface area contributed by atoms with Crippen LogP contribution < -0.4 is 5.32 Å². The number of halogens is 3. The van der Waals surface area contributed by atoms with E-state index in [1.54, 1.807) is 12.1 Å².